The summed E-state index contributed by atoms with van der Waals surface area (Å²) in [6, 6.07) is 0. The molecule has 1 heterocycles. The van der Waals surface area contributed by atoms with Gasteiger partial charge in [-0.25, -0.2) is 0 Å². The fraction of sp³-hybridized carbons (Fsp3) is 1.00. The lowest BCUT2D eigenvalue weighted by Gasteiger charge is -1.86. The van der Waals surface area contributed by atoms with E-state index in [1.165, 1.54) is 0 Å². The normalized spacial score (nSPS) is 26.4. The molecule has 0 aromatic heterocycles. The highest BCUT2D eigenvalue weighted by atomic mass is 31.1. The molecule has 0 aromatic rings. The Morgan fingerprint density at radius 1 is 1.18 bits per heavy atom. The van der Waals surface area contributed by atoms with Gasteiger partial charge < -0.3 is 5.53 Å². The first-order valence-electron chi connectivity index (χ1n) is 2.24. The largest absolute Gasteiger partial charge is 0.821 e. The van der Waals surface area contributed by atoms with Crippen LogP contribution in [0.1, 0.15) is 0 Å². The van der Waals surface area contributed by atoms with E-state index in [1.54, 1.807) is 0 Å². The second-order valence-corrected chi connectivity index (χ2v) is 2.96. The van der Waals surface area contributed by atoms with Crippen molar-refractivity contribution < 1.29 is 32.5 Å². The van der Waals surface area contributed by atoms with Gasteiger partial charge in [0.1, 0.15) is 0 Å². The van der Waals surface area contributed by atoms with Crippen LogP contribution in [0.25, 0.3) is 5.53 Å². The molecule has 11 heavy (non-hydrogen) atoms. The average molecular weight is 200 g/mol. The number of hydrogen-bond donors (Lipinski definition) is 0. The van der Waals surface area contributed by atoms with Gasteiger partial charge in [0.2, 0.25) is 5.02 Å². The SMILES string of the molecule is [N-]=[N+]1O[P+](=O)OCO[P+](=O)O1. The van der Waals surface area contributed by atoms with E-state index in [-0.39, 0.29) is 5.02 Å². The van der Waals surface area contributed by atoms with Crippen LogP contribution in [0.5, 0.6) is 0 Å². The molecule has 60 valence electrons. The fourth-order valence-electron chi connectivity index (χ4n) is 0.286. The molecule has 1 saturated heterocycles. The van der Waals surface area contributed by atoms with Crippen molar-refractivity contribution in [2.45, 2.75) is 0 Å². The van der Waals surface area contributed by atoms with E-state index < -0.39 is 23.3 Å². The molecule has 1 aliphatic heterocycles. The summed E-state index contributed by atoms with van der Waals surface area (Å²) in [5.41, 5.74) is 8.42. The Labute approximate surface area is 62.3 Å². The first-order valence-corrected chi connectivity index (χ1v) is 4.43. The Morgan fingerprint density at radius 3 is 2.09 bits per heavy atom. The summed E-state index contributed by atoms with van der Waals surface area (Å²) in [6.07, 6.45) is 0. The van der Waals surface area contributed by atoms with E-state index in [4.69, 9.17) is 5.53 Å². The number of nitrogens with zero attached hydrogens (tertiary/aromatic N) is 2. The minimum Gasteiger partial charge on any atom is -0.382 e. The van der Waals surface area contributed by atoms with Crippen molar-refractivity contribution in [1.82, 2.24) is 0 Å². The molecule has 0 N–H and O–H groups in total. The van der Waals surface area contributed by atoms with Crippen LogP contribution in [0.3, 0.4) is 0 Å². The van der Waals surface area contributed by atoms with E-state index in [1.807, 2.05) is 0 Å². The Kier molecular flexibility index (Phi) is 2.78. The summed E-state index contributed by atoms with van der Waals surface area (Å²) in [5, 5.41) is -0.337. The van der Waals surface area contributed by atoms with Crippen LogP contribution in [-0.2, 0) is 27.4 Å². The van der Waals surface area contributed by atoms with E-state index in [2.05, 4.69) is 18.3 Å². The number of rotatable bonds is 0. The highest BCUT2D eigenvalue weighted by Crippen LogP contribution is 2.33. The Balaban J connectivity index is 2.54. The minimum atomic E-state index is -2.55. The molecule has 0 spiro atoms. The predicted molar refractivity (Wildman–Crippen MR) is 28.0 cm³/mol. The maximum atomic E-state index is 10.4. The molecule has 10 heteroatoms. The molecule has 0 radical (unpaired) electrons. The molecular formula is CH2N2O6P2+2. The summed E-state index contributed by atoms with van der Waals surface area (Å²) in [4.78, 5) is 0. The zero-order valence-electron chi connectivity index (χ0n) is 4.95. The van der Waals surface area contributed by atoms with Crippen molar-refractivity contribution in [2.75, 3.05) is 6.79 Å². The van der Waals surface area contributed by atoms with Crippen LogP contribution >= 0.6 is 16.5 Å². The van der Waals surface area contributed by atoms with Crippen LogP contribution in [0.2, 0.25) is 0 Å². The van der Waals surface area contributed by atoms with Gasteiger partial charge >= 0.3 is 16.5 Å². The second kappa shape index (κ2) is 3.64. The summed E-state index contributed by atoms with van der Waals surface area (Å²) in [7, 11) is -5.09. The topological polar surface area (TPSA) is 96.4 Å². The van der Waals surface area contributed by atoms with Crippen molar-refractivity contribution in [3.05, 3.63) is 5.53 Å². The highest BCUT2D eigenvalue weighted by Gasteiger charge is 2.42. The van der Waals surface area contributed by atoms with Crippen molar-refractivity contribution in [3.63, 3.8) is 0 Å². The van der Waals surface area contributed by atoms with Crippen molar-refractivity contribution in [1.29, 1.82) is 0 Å². The van der Waals surface area contributed by atoms with Gasteiger partial charge in [0.25, 0.3) is 6.79 Å². The van der Waals surface area contributed by atoms with E-state index in [9.17, 15) is 9.13 Å². The molecular weight excluding hydrogens is 198 g/mol. The molecule has 0 saturated carbocycles. The molecule has 2 atom stereocenters. The Bertz CT molecular complexity index is 195. The van der Waals surface area contributed by atoms with Gasteiger partial charge in [-0.15, -0.1) is 0 Å². The third-order valence-corrected chi connectivity index (χ3v) is 1.77. The minimum absolute atomic E-state index is 0.337. The van der Waals surface area contributed by atoms with Crippen LogP contribution < -0.4 is 0 Å². The molecule has 0 bridgehead atoms. The molecule has 1 fully saturated rings. The second-order valence-electron chi connectivity index (χ2n) is 1.22. The fourth-order valence-corrected chi connectivity index (χ4v) is 1.09. The van der Waals surface area contributed by atoms with Gasteiger partial charge in [-0.1, -0.05) is 9.05 Å². The zero-order valence-corrected chi connectivity index (χ0v) is 6.73. The molecule has 1 rings (SSSR count). The average Bonchev–Trinajstić information content (AvgIpc) is 1.83. The first-order chi connectivity index (χ1) is 5.18. The van der Waals surface area contributed by atoms with Crippen molar-refractivity contribution in [2.24, 2.45) is 0 Å². The van der Waals surface area contributed by atoms with Crippen molar-refractivity contribution >= 4 is 16.5 Å². The maximum absolute atomic E-state index is 10.4. The van der Waals surface area contributed by atoms with Gasteiger partial charge in [0.15, 0.2) is 0 Å². The molecule has 8 nitrogen and oxygen atoms in total. The van der Waals surface area contributed by atoms with Crippen LogP contribution in [-0.4, -0.2) is 11.8 Å². The van der Waals surface area contributed by atoms with Gasteiger partial charge in [-0.2, -0.15) is 0 Å². The third-order valence-electron chi connectivity index (χ3n) is 0.589. The highest BCUT2D eigenvalue weighted by molar-refractivity contribution is 7.34. The van der Waals surface area contributed by atoms with Crippen LogP contribution in [0.15, 0.2) is 0 Å². The number of hydrogen-bond acceptors (Lipinski definition) is 6. The lowest BCUT2D eigenvalue weighted by Crippen LogP contribution is -2.05. The van der Waals surface area contributed by atoms with Gasteiger partial charge in [-0.3, -0.25) is 0 Å². The molecule has 1 aliphatic rings. The monoisotopic (exact) mass is 200 g/mol. The van der Waals surface area contributed by atoms with Crippen LogP contribution in [0, 0.1) is 0 Å². The van der Waals surface area contributed by atoms with Crippen LogP contribution in [0.4, 0.5) is 0 Å². The smallest absolute Gasteiger partial charge is 0.382 e. The summed E-state index contributed by atoms with van der Waals surface area (Å²) >= 11 is 0. The Hall–Kier alpha value is -0.680. The van der Waals surface area contributed by atoms with Gasteiger partial charge in [-0.05, 0) is 0 Å². The Morgan fingerprint density at radius 2 is 1.64 bits per heavy atom. The maximum Gasteiger partial charge on any atom is 0.821 e. The lowest BCUT2D eigenvalue weighted by atomic mass is 11.6. The summed E-state index contributed by atoms with van der Waals surface area (Å²) in [5.74, 6) is 0. The summed E-state index contributed by atoms with van der Waals surface area (Å²) in [6.45, 7) is -0.488. The van der Waals surface area contributed by atoms with E-state index in [0.717, 1.165) is 0 Å². The van der Waals surface area contributed by atoms with E-state index in [0.29, 0.717) is 0 Å². The first kappa shape index (κ1) is 8.42. The van der Waals surface area contributed by atoms with E-state index >= 15 is 0 Å². The third kappa shape index (κ3) is 2.81. The van der Waals surface area contributed by atoms with Crippen molar-refractivity contribution in [3.8, 4) is 0 Å². The molecule has 0 aromatic carbocycles. The standard InChI is InChI=1S/CH2N2O6P2/c2-3-8-10(4)6-1-7-11(5)9-3/h1H2/q+2. The quantitative estimate of drug-likeness (QED) is 0.545. The van der Waals surface area contributed by atoms with Gasteiger partial charge in [0, 0.05) is 9.13 Å². The zero-order chi connectivity index (χ0) is 8.27. The molecule has 2 unspecified atom stereocenters. The lowest BCUT2D eigenvalue weighted by molar-refractivity contribution is -0.927. The summed E-state index contributed by atoms with van der Waals surface area (Å²) < 4.78 is 37.1. The predicted octanol–water partition coefficient (Wildman–Crippen LogP) is 1.20. The molecule has 0 aliphatic carbocycles. The molecule has 0 amide bonds. The van der Waals surface area contributed by atoms with Gasteiger partial charge in [0.05, 0.1) is 9.25 Å².